The summed E-state index contributed by atoms with van der Waals surface area (Å²) in [4.78, 5) is 4.59. The molecule has 0 aliphatic rings. The van der Waals surface area contributed by atoms with E-state index >= 15 is 0 Å². The zero-order valence-corrected chi connectivity index (χ0v) is 11.4. The van der Waals surface area contributed by atoms with Crippen molar-refractivity contribution in [3.05, 3.63) is 11.7 Å². The summed E-state index contributed by atoms with van der Waals surface area (Å²) in [7, 11) is 0. The van der Waals surface area contributed by atoms with Gasteiger partial charge in [0.15, 0.2) is 5.82 Å². The number of rotatable bonds is 5. The van der Waals surface area contributed by atoms with Crippen LogP contribution in [0.1, 0.15) is 72.5 Å². The lowest BCUT2D eigenvalue weighted by Gasteiger charge is -2.21. The van der Waals surface area contributed by atoms with Crippen LogP contribution < -0.4 is 0 Å². The van der Waals surface area contributed by atoms with Gasteiger partial charge in [-0.2, -0.15) is 4.98 Å². The Kier molecular flexibility index (Phi) is 3.76. The van der Waals surface area contributed by atoms with Gasteiger partial charge in [0.25, 0.3) is 0 Å². The van der Waals surface area contributed by atoms with Crippen molar-refractivity contribution in [3.63, 3.8) is 0 Å². The fraction of sp³-hybridized carbons (Fsp3) is 0.846. The molecule has 1 rings (SSSR count). The predicted molar refractivity (Wildman–Crippen MR) is 65.5 cm³/mol. The van der Waals surface area contributed by atoms with Crippen LogP contribution in [0.3, 0.4) is 0 Å². The van der Waals surface area contributed by atoms with Crippen molar-refractivity contribution >= 4 is 0 Å². The summed E-state index contributed by atoms with van der Waals surface area (Å²) in [6.07, 6.45) is 3.07. The molecule has 0 atom stereocenters. The highest BCUT2D eigenvalue weighted by Crippen LogP contribution is 2.32. The van der Waals surface area contributed by atoms with Crippen LogP contribution in [0, 0.1) is 0 Å². The maximum atomic E-state index is 5.44. The standard InChI is InChI=1S/C13H24N2O/c1-7-12(4,5)10-14-11(16-15-10)13(6,8-2)9-3/h7-9H2,1-6H3. The molecule has 16 heavy (non-hydrogen) atoms. The lowest BCUT2D eigenvalue weighted by atomic mass is 9.84. The van der Waals surface area contributed by atoms with Gasteiger partial charge in [-0.3, -0.25) is 0 Å². The third kappa shape index (κ3) is 2.28. The van der Waals surface area contributed by atoms with Crippen LogP contribution in [0.2, 0.25) is 0 Å². The summed E-state index contributed by atoms with van der Waals surface area (Å²) in [5, 5.41) is 4.13. The molecule has 0 amide bonds. The fourth-order valence-corrected chi connectivity index (χ4v) is 1.45. The van der Waals surface area contributed by atoms with E-state index in [-0.39, 0.29) is 10.8 Å². The second-order valence-corrected chi connectivity index (χ2v) is 5.43. The molecule has 0 saturated heterocycles. The summed E-state index contributed by atoms with van der Waals surface area (Å²) in [5.74, 6) is 1.62. The number of hydrogen-bond acceptors (Lipinski definition) is 3. The molecule has 0 radical (unpaired) electrons. The van der Waals surface area contributed by atoms with Crippen LogP contribution in [-0.4, -0.2) is 10.1 Å². The zero-order chi connectivity index (χ0) is 12.4. The molecule has 0 bridgehead atoms. The predicted octanol–water partition coefficient (Wildman–Crippen LogP) is 3.83. The minimum Gasteiger partial charge on any atom is -0.339 e. The number of nitrogens with zero attached hydrogens (tertiary/aromatic N) is 2. The lowest BCUT2D eigenvalue weighted by Crippen LogP contribution is -2.22. The van der Waals surface area contributed by atoms with Crippen molar-refractivity contribution < 1.29 is 4.52 Å². The van der Waals surface area contributed by atoms with Gasteiger partial charge in [-0.1, -0.05) is 46.7 Å². The van der Waals surface area contributed by atoms with Crippen molar-refractivity contribution in [1.82, 2.24) is 10.1 Å². The SMILES string of the molecule is CCC(C)(C)c1noc(C(C)(CC)CC)n1. The summed E-state index contributed by atoms with van der Waals surface area (Å²) >= 11 is 0. The highest BCUT2D eigenvalue weighted by Gasteiger charge is 2.32. The first-order chi connectivity index (χ1) is 7.39. The van der Waals surface area contributed by atoms with Crippen LogP contribution in [0.15, 0.2) is 4.52 Å². The van der Waals surface area contributed by atoms with Crippen LogP contribution >= 0.6 is 0 Å². The molecule has 3 nitrogen and oxygen atoms in total. The Bertz CT molecular complexity index is 337. The highest BCUT2D eigenvalue weighted by atomic mass is 16.5. The van der Waals surface area contributed by atoms with Crippen LogP contribution in [0.4, 0.5) is 0 Å². The van der Waals surface area contributed by atoms with Crippen molar-refractivity contribution in [1.29, 1.82) is 0 Å². The van der Waals surface area contributed by atoms with Gasteiger partial charge in [0.2, 0.25) is 5.89 Å². The molecule has 0 aromatic carbocycles. The molecule has 0 fully saturated rings. The molecule has 1 aromatic heterocycles. The van der Waals surface area contributed by atoms with Gasteiger partial charge in [-0.25, -0.2) is 0 Å². The summed E-state index contributed by atoms with van der Waals surface area (Å²) in [5.41, 5.74) is 0.0270. The van der Waals surface area contributed by atoms with E-state index < -0.39 is 0 Å². The van der Waals surface area contributed by atoms with Gasteiger partial charge in [-0.05, 0) is 19.3 Å². The van der Waals surface area contributed by atoms with E-state index in [2.05, 4.69) is 51.7 Å². The Hall–Kier alpha value is -0.860. The first-order valence-electron chi connectivity index (χ1n) is 6.24. The molecule has 0 spiro atoms. The molecule has 0 aliphatic heterocycles. The van der Waals surface area contributed by atoms with E-state index in [0.717, 1.165) is 31.0 Å². The average molecular weight is 224 g/mol. The Morgan fingerprint density at radius 1 is 1.00 bits per heavy atom. The smallest absolute Gasteiger partial charge is 0.232 e. The summed E-state index contributed by atoms with van der Waals surface area (Å²) in [6.45, 7) is 13.0. The Labute approximate surface area is 98.6 Å². The molecular weight excluding hydrogens is 200 g/mol. The molecule has 1 heterocycles. The quantitative estimate of drug-likeness (QED) is 0.763. The molecule has 3 heteroatoms. The Balaban J connectivity index is 3.03. The van der Waals surface area contributed by atoms with Crippen molar-refractivity contribution in [3.8, 4) is 0 Å². The minimum atomic E-state index is 0.00411. The fourth-order valence-electron chi connectivity index (χ4n) is 1.45. The highest BCUT2D eigenvalue weighted by molar-refractivity contribution is 5.07. The van der Waals surface area contributed by atoms with Crippen molar-refractivity contribution in [2.45, 2.75) is 71.6 Å². The maximum Gasteiger partial charge on any atom is 0.232 e. The molecule has 1 aromatic rings. The maximum absolute atomic E-state index is 5.44. The van der Waals surface area contributed by atoms with Gasteiger partial charge >= 0.3 is 0 Å². The minimum absolute atomic E-state index is 0.00411. The average Bonchev–Trinajstić information content (AvgIpc) is 2.78. The topological polar surface area (TPSA) is 38.9 Å². The van der Waals surface area contributed by atoms with Crippen molar-refractivity contribution in [2.24, 2.45) is 0 Å². The molecule has 0 N–H and O–H groups in total. The van der Waals surface area contributed by atoms with Crippen LogP contribution in [0.5, 0.6) is 0 Å². The first-order valence-corrected chi connectivity index (χ1v) is 6.24. The normalized spacial score (nSPS) is 13.1. The van der Waals surface area contributed by atoms with Gasteiger partial charge < -0.3 is 4.52 Å². The third-order valence-electron chi connectivity index (χ3n) is 3.99. The van der Waals surface area contributed by atoms with Gasteiger partial charge in [0.05, 0.1) is 0 Å². The van der Waals surface area contributed by atoms with E-state index in [9.17, 15) is 0 Å². The monoisotopic (exact) mass is 224 g/mol. The zero-order valence-electron chi connectivity index (χ0n) is 11.4. The molecule has 92 valence electrons. The van der Waals surface area contributed by atoms with Crippen LogP contribution in [-0.2, 0) is 10.8 Å². The van der Waals surface area contributed by atoms with Crippen molar-refractivity contribution in [2.75, 3.05) is 0 Å². The van der Waals surface area contributed by atoms with Gasteiger partial charge in [0.1, 0.15) is 0 Å². The Morgan fingerprint density at radius 2 is 1.56 bits per heavy atom. The van der Waals surface area contributed by atoms with E-state index in [4.69, 9.17) is 4.52 Å². The number of aromatic nitrogens is 2. The molecule has 0 aliphatic carbocycles. The molecule has 0 unspecified atom stereocenters. The molecular formula is C13H24N2O. The second kappa shape index (κ2) is 4.56. The third-order valence-corrected chi connectivity index (χ3v) is 3.99. The Morgan fingerprint density at radius 3 is 2.00 bits per heavy atom. The van der Waals surface area contributed by atoms with E-state index in [1.54, 1.807) is 0 Å². The van der Waals surface area contributed by atoms with E-state index in [0.29, 0.717) is 0 Å². The van der Waals surface area contributed by atoms with Gasteiger partial charge in [0, 0.05) is 10.8 Å². The number of hydrogen-bond donors (Lipinski definition) is 0. The lowest BCUT2D eigenvalue weighted by molar-refractivity contribution is 0.276. The van der Waals surface area contributed by atoms with E-state index in [1.807, 2.05) is 0 Å². The van der Waals surface area contributed by atoms with E-state index in [1.165, 1.54) is 0 Å². The second-order valence-electron chi connectivity index (χ2n) is 5.43. The molecule has 0 saturated carbocycles. The summed E-state index contributed by atoms with van der Waals surface area (Å²) < 4.78 is 5.44. The van der Waals surface area contributed by atoms with Crippen LogP contribution in [0.25, 0.3) is 0 Å². The largest absolute Gasteiger partial charge is 0.339 e. The summed E-state index contributed by atoms with van der Waals surface area (Å²) in [6, 6.07) is 0. The van der Waals surface area contributed by atoms with Gasteiger partial charge in [-0.15, -0.1) is 0 Å². The first kappa shape index (κ1) is 13.2.